The van der Waals surface area contributed by atoms with Crippen molar-refractivity contribution in [3.8, 4) is 0 Å². The summed E-state index contributed by atoms with van der Waals surface area (Å²) in [5.41, 5.74) is 2.26. The number of nitrogens with one attached hydrogen (secondary N) is 1. The SMILES string of the molecule is CCCNC(Cc1cc(F)ccc1C)CC(C)COC. The Kier molecular flexibility index (Phi) is 7.78. The minimum atomic E-state index is -0.148. The smallest absolute Gasteiger partial charge is 0.123 e. The second-order valence-electron chi connectivity index (χ2n) is 5.72. The van der Waals surface area contributed by atoms with E-state index in [9.17, 15) is 4.39 Å². The van der Waals surface area contributed by atoms with Crippen LogP contribution in [0.15, 0.2) is 18.2 Å². The number of aryl methyl sites for hydroxylation is 1. The van der Waals surface area contributed by atoms with Gasteiger partial charge < -0.3 is 10.1 Å². The fraction of sp³-hybridized carbons (Fsp3) is 0.647. The monoisotopic (exact) mass is 281 g/mol. The molecule has 0 aromatic heterocycles. The lowest BCUT2D eigenvalue weighted by Crippen LogP contribution is -2.34. The molecule has 0 aliphatic rings. The maximum Gasteiger partial charge on any atom is 0.123 e. The molecule has 0 saturated heterocycles. The number of hydrogen-bond acceptors (Lipinski definition) is 2. The first-order chi connectivity index (χ1) is 9.56. The van der Waals surface area contributed by atoms with E-state index in [0.717, 1.165) is 43.5 Å². The van der Waals surface area contributed by atoms with Gasteiger partial charge in [-0.3, -0.25) is 0 Å². The van der Waals surface area contributed by atoms with E-state index in [1.54, 1.807) is 13.2 Å². The third kappa shape index (κ3) is 6.02. The second kappa shape index (κ2) is 9.09. The maximum atomic E-state index is 13.4. The van der Waals surface area contributed by atoms with E-state index in [-0.39, 0.29) is 5.82 Å². The Hall–Kier alpha value is -0.930. The van der Waals surface area contributed by atoms with Crippen molar-refractivity contribution >= 4 is 0 Å². The molecule has 1 aromatic carbocycles. The molecule has 2 atom stereocenters. The van der Waals surface area contributed by atoms with Crippen LogP contribution in [0.2, 0.25) is 0 Å². The van der Waals surface area contributed by atoms with Crippen molar-refractivity contribution in [2.75, 3.05) is 20.3 Å². The largest absolute Gasteiger partial charge is 0.384 e. The minimum Gasteiger partial charge on any atom is -0.384 e. The van der Waals surface area contributed by atoms with Crippen LogP contribution in [0, 0.1) is 18.7 Å². The lowest BCUT2D eigenvalue weighted by molar-refractivity contribution is 0.149. The summed E-state index contributed by atoms with van der Waals surface area (Å²) in [5, 5.41) is 3.58. The molecule has 2 unspecified atom stereocenters. The van der Waals surface area contributed by atoms with Crippen molar-refractivity contribution in [1.29, 1.82) is 0 Å². The number of benzene rings is 1. The third-order valence-electron chi connectivity index (χ3n) is 3.60. The van der Waals surface area contributed by atoms with Gasteiger partial charge in [0, 0.05) is 19.8 Å². The third-order valence-corrected chi connectivity index (χ3v) is 3.60. The summed E-state index contributed by atoms with van der Waals surface area (Å²) < 4.78 is 18.6. The molecule has 0 bridgehead atoms. The molecule has 114 valence electrons. The van der Waals surface area contributed by atoms with Crippen LogP contribution in [0.5, 0.6) is 0 Å². The number of rotatable bonds is 9. The Morgan fingerprint density at radius 3 is 2.75 bits per heavy atom. The molecule has 0 aliphatic heterocycles. The van der Waals surface area contributed by atoms with Crippen LogP contribution < -0.4 is 5.32 Å². The van der Waals surface area contributed by atoms with Gasteiger partial charge in [-0.2, -0.15) is 0 Å². The van der Waals surface area contributed by atoms with Crippen LogP contribution >= 0.6 is 0 Å². The standard InChI is InChI=1S/C17H28FNO/c1-5-8-19-17(9-13(2)12-20-4)11-15-10-16(18)7-6-14(15)3/h6-7,10,13,17,19H,5,8-9,11-12H2,1-4H3. The van der Waals surface area contributed by atoms with Crippen molar-refractivity contribution < 1.29 is 9.13 Å². The Balaban J connectivity index is 2.69. The topological polar surface area (TPSA) is 21.3 Å². The average molecular weight is 281 g/mol. The highest BCUT2D eigenvalue weighted by molar-refractivity contribution is 5.27. The van der Waals surface area contributed by atoms with Gasteiger partial charge in [0.1, 0.15) is 5.82 Å². The van der Waals surface area contributed by atoms with Gasteiger partial charge in [0.25, 0.3) is 0 Å². The van der Waals surface area contributed by atoms with E-state index in [2.05, 4.69) is 19.2 Å². The Morgan fingerprint density at radius 1 is 1.35 bits per heavy atom. The molecule has 0 radical (unpaired) electrons. The molecule has 1 rings (SSSR count). The van der Waals surface area contributed by atoms with Crippen LogP contribution in [0.1, 0.15) is 37.8 Å². The van der Waals surface area contributed by atoms with E-state index >= 15 is 0 Å². The molecule has 0 saturated carbocycles. The van der Waals surface area contributed by atoms with Crippen molar-refractivity contribution in [1.82, 2.24) is 5.32 Å². The van der Waals surface area contributed by atoms with Crippen molar-refractivity contribution in [3.05, 3.63) is 35.1 Å². The zero-order valence-corrected chi connectivity index (χ0v) is 13.2. The van der Waals surface area contributed by atoms with Crippen LogP contribution in [0.4, 0.5) is 4.39 Å². The fourth-order valence-corrected chi connectivity index (χ4v) is 2.55. The van der Waals surface area contributed by atoms with Gasteiger partial charge >= 0.3 is 0 Å². The number of ether oxygens (including phenoxy) is 1. The van der Waals surface area contributed by atoms with E-state index in [1.807, 2.05) is 13.0 Å². The molecule has 2 nitrogen and oxygen atoms in total. The molecule has 1 N–H and O–H groups in total. The van der Waals surface area contributed by atoms with Gasteiger partial charge in [-0.1, -0.05) is 19.9 Å². The van der Waals surface area contributed by atoms with Crippen molar-refractivity contribution in [2.24, 2.45) is 5.92 Å². The van der Waals surface area contributed by atoms with E-state index in [4.69, 9.17) is 4.74 Å². The summed E-state index contributed by atoms with van der Waals surface area (Å²) in [4.78, 5) is 0. The van der Waals surface area contributed by atoms with E-state index in [1.165, 1.54) is 6.07 Å². The highest BCUT2D eigenvalue weighted by Crippen LogP contribution is 2.16. The summed E-state index contributed by atoms with van der Waals surface area (Å²) in [6.45, 7) is 8.17. The second-order valence-corrected chi connectivity index (χ2v) is 5.72. The predicted molar refractivity (Wildman–Crippen MR) is 82.6 cm³/mol. The molecule has 0 amide bonds. The number of hydrogen-bond donors (Lipinski definition) is 1. The molecule has 1 aromatic rings. The highest BCUT2D eigenvalue weighted by atomic mass is 19.1. The lowest BCUT2D eigenvalue weighted by atomic mass is 9.94. The Bertz CT molecular complexity index is 395. The number of halogens is 1. The highest BCUT2D eigenvalue weighted by Gasteiger charge is 2.14. The molecule has 0 aliphatic carbocycles. The zero-order valence-electron chi connectivity index (χ0n) is 13.2. The summed E-state index contributed by atoms with van der Waals surface area (Å²) in [5.74, 6) is 0.355. The van der Waals surface area contributed by atoms with Crippen LogP contribution in [-0.4, -0.2) is 26.3 Å². The quantitative estimate of drug-likeness (QED) is 0.745. The fourth-order valence-electron chi connectivity index (χ4n) is 2.55. The first-order valence-electron chi connectivity index (χ1n) is 7.54. The van der Waals surface area contributed by atoms with Crippen LogP contribution in [0.3, 0.4) is 0 Å². The van der Waals surface area contributed by atoms with Crippen LogP contribution in [0.25, 0.3) is 0 Å². The van der Waals surface area contributed by atoms with Gasteiger partial charge in [0.15, 0.2) is 0 Å². The van der Waals surface area contributed by atoms with Gasteiger partial charge in [-0.15, -0.1) is 0 Å². The first-order valence-corrected chi connectivity index (χ1v) is 7.54. The van der Waals surface area contributed by atoms with Gasteiger partial charge in [-0.05, 0) is 61.9 Å². The number of methoxy groups -OCH3 is 1. The molecule has 20 heavy (non-hydrogen) atoms. The zero-order chi connectivity index (χ0) is 15.0. The first kappa shape index (κ1) is 17.1. The predicted octanol–water partition coefficient (Wildman–Crippen LogP) is 3.72. The summed E-state index contributed by atoms with van der Waals surface area (Å²) in [6.07, 6.45) is 3.03. The molecule has 0 heterocycles. The summed E-state index contributed by atoms with van der Waals surface area (Å²) >= 11 is 0. The normalized spacial score (nSPS) is 14.2. The van der Waals surface area contributed by atoms with Gasteiger partial charge in [-0.25, -0.2) is 4.39 Å². The van der Waals surface area contributed by atoms with Gasteiger partial charge in [0.2, 0.25) is 0 Å². The summed E-state index contributed by atoms with van der Waals surface area (Å²) in [7, 11) is 1.74. The van der Waals surface area contributed by atoms with Crippen molar-refractivity contribution in [3.63, 3.8) is 0 Å². The van der Waals surface area contributed by atoms with E-state index < -0.39 is 0 Å². The van der Waals surface area contributed by atoms with Crippen molar-refractivity contribution in [2.45, 2.75) is 46.1 Å². The average Bonchev–Trinajstić information content (AvgIpc) is 2.40. The Morgan fingerprint density at radius 2 is 2.10 bits per heavy atom. The molecular weight excluding hydrogens is 253 g/mol. The molecule has 0 fully saturated rings. The lowest BCUT2D eigenvalue weighted by Gasteiger charge is -2.23. The Labute approximate surface area is 122 Å². The minimum absolute atomic E-state index is 0.148. The van der Waals surface area contributed by atoms with Crippen LogP contribution in [-0.2, 0) is 11.2 Å². The maximum absolute atomic E-state index is 13.4. The molecule has 0 spiro atoms. The summed E-state index contributed by atoms with van der Waals surface area (Å²) in [6, 6.07) is 5.43. The van der Waals surface area contributed by atoms with E-state index in [0.29, 0.717) is 12.0 Å². The molecular formula is C17H28FNO. The molecule has 3 heteroatoms. The van der Waals surface area contributed by atoms with Gasteiger partial charge in [0.05, 0.1) is 0 Å².